The first-order chi connectivity index (χ1) is 12.2. The van der Waals surface area contributed by atoms with Gasteiger partial charge in [0.2, 0.25) is 0 Å². The molecule has 142 valence electrons. The topological polar surface area (TPSA) is 94.6 Å². The first-order valence-electron chi connectivity index (χ1n) is 8.04. The number of nitrogens with one attached hydrogen (secondary N) is 1. The average Bonchev–Trinajstić information content (AvgIpc) is 2.94. The van der Waals surface area contributed by atoms with E-state index in [1.807, 2.05) is 19.9 Å². The summed E-state index contributed by atoms with van der Waals surface area (Å²) in [5, 5.41) is 0.0996. The summed E-state index contributed by atoms with van der Waals surface area (Å²) in [6.07, 6.45) is 0. The van der Waals surface area contributed by atoms with Crippen LogP contribution in [-0.2, 0) is 14.8 Å². The number of ether oxygens (including phenoxy) is 2. The van der Waals surface area contributed by atoms with Gasteiger partial charge in [0, 0.05) is 0 Å². The van der Waals surface area contributed by atoms with Crippen molar-refractivity contribution >= 4 is 32.5 Å². The highest BCUT2D eigenvalue weighted by Gasteiger charge is 2.24. The number of carbonyl (C=O) groups is 1. The van der Waals surface area contributed by atoms with Crippen molar-refractivity contribution in [3.05, 3.63) is 34.3 Å². The molecule has 1 aromatic carbocycles. The van der Waals surface area contributed by atoms with Gasteiger partial charge >= 0.3 is 5.97 Å². The number of methoxy groups -OCH3 is 1. The Kier molecular flexibility index (Phi) is 6.25. The van der Waals surface area contributed by atoms with Crippen molar-refractivity contribution in [1.82, 2.24) is 4.98 Å². The third kappa shape index (κ3) is 4.34. The van der Waals surface area contributed by atoms with E-state index in [-0.39, 0.29) is 33.2 Å². The smallest absolute Gasteiger partial charge is 0.350 e. The van der Waals surface area contributed by atoms with Gasteiger partial charge in [-0.2, -0.15) is 0 Å². The summed E-state index contributed by atoms with van der Waals surface area (Å²) in [6, 6.07) is 5.04. The number of aromatic nitrogens is 1. The molecule has 0 unspecified atom stereocenters. The lowest BCUT2D eigenvalue weighted by Crippen LogP contribution is -2.14. The van der Waals surface area contributed by atoms with Crippen LogP contribution in [0.4, 0.5) is 5.13 Å². The van der Waals surface area contributed by atoms with E-state index in [4.69, 9.17) is 9.47 Å². The SMILES string of the molecule is CCOC(=O)c1sc(NS(=O)(=O)c2cc(C(C)C)ccc2OC)nc1C. The van der Waals surface area contributed by atoms with E-state index < -0.39 is 16.0 Å². The Morgan fingerprint density at radius 2 is 2.04 bits per heavy atom. The molecule has 26 heavy (non-hydrogen) atoms. The highest BCUT2D eigenvalue weighted by molar-refractivity contribution is 7.93. The predicted octanol–water partition coefficient (Wildman–Crippen LogP) is 3.56. The van der Waals surface area contributed by atoms with E-state index in [0.717, 1.165) is 16.9 Å². The zero-order chi connectivity index (χ0) is 19.5. The van der Waals surface area contributed by atoms with E-state index in [1.165, 1.54) is 7.11 Å². The average molecular weight is 399 g/mol. The number of hydrogen-bond donors (Lipinski definition) is 1. The standard InChI is InChI=1S/C17H22N2O5S2/c1-6-24-16(20)15-11(4)18-17(25-15)19-26(21,22)14-9-12(10(2)3)7-8-13(14)23-5/h7-10H,6H2,1-5H3,(H,18,19). The molecule has 0 saturated carbocycles. The monoisotopic (exact) mass is 398 g/mol. The molecule has 1 heterocycles. The Hall–Kier alpha value is -2.13. The summed E-state index contributed by atoms with van der Waals surface area (Å²) in [4.78, 5) is 16.3. The number of aryl methyl sites for hydroxylation is 1. The van der Waals surface area contributed by atoms with Crippen molar-refractivity contribution < 1.29 is 22.7 Å². The van der Waals surface area contributed by atoms with Gasteiger partial charge in [0.25, 0.3) is 10.0 Å². The molecule has 0 aliphatic carbocycles. The van der Waals surface area contributed by atoms with Crippen LogP contribution in [0, 0.1) is 6.92 Å². The van der Waals surface area contributed by atoms with E-state index in [1.54, 1.807) is 26.0 Å². The van der Waals surface area contributed by atoms with Crippen LogP contribution < -0.4 is 9.46 Å². The number of carbonyl (C=O) groups excluding carboxylic acids is 1. The van der Waals surface area contributed by atoms with Gasteiger partial charge in [-0.15, -0.1) is 0 Å². The first kappa shape index (κ1) is 20.2. The molecule has 0 aliphatic heterocycles. The second-order valence-electron chi connectivity index (χ2n) is 5.82. The lowest BCUT2D eigenvalue weighted by atomic mass is 10.0. The van der Waals surface area contributed by atoms with Gasteiger partial charge in [0.05, 0.1) is 19.4 Å². The summed E-state index contributed by atoms with van der Waals surface area (Å²) in [6.45, 7) is 7.51. The zero-order valence-electron chi connectivity index (χ0n) is 15.3. The number of rotatable bonds is 7. The van der Waals surface area contributed by atoms with E-state index in [9.17, 15) is 13.2 Å². The normalized spacial score (nSPS) is 11.5. The van der Waals surface area contributed by atoms with Crippen molar-refractivity contribution in [1.29, 1.82) is 0 Å². The molecule has 0 radical (unpaired) electrons. The highest BCUT2D eigenvalue weighted by Crippen LogP contribution is 2.31. The van der Waals surface area contributed by atoms with Crippen LogP contribution in [0.25, 0.3) is 0 Å². The number of esters is 1. The Morgan fingerprint density at radius 3 is 2.62 bits per heavy atom. The maximum absolute atomic E-state index is 12.8. The molecule has 0 amide bonds. The second-order valence-corrected chi connectivity index (χ2v) is 8.47. The summed E-state index contributed by atoms with van der Waals surface area (Å²) in [5.41, 5.74) is 1.28. The van der Waals surface area contributed by atoms with Crippen LogP contribution >= 0.6 is 11.3 Å². The Morgan fingerprint density at radius 1 is 1.35 bits per heavy atom. The van der Waals surface area contributed by atoms with Gasteiger partial charge in [0.1, 0.15) is 15.5 Å². The molecule has 2 rings (SSSR count). The van der Waals surface area contributed by atoms with Gasteiger partial charge < -0.3 is 9.47 Å². The van der Waals surface area contributed by atoms with Crippen molar-refractivity contribution in [2.45, 2.75) is 38.5 Å². The van der Waals surface area contributed by atoms with Gasteiger partial charge in [0.15, 0.2) is 5.13 Å². The molecular weight excluding hydrogens is 376 g/mol. The molecule has 0 bridgehead atoms. The molecule has 0 saturated heterocycles. The maximum Gasteiger partial charge on any atom is 0.350 e. The summed E-state index contributed by atoms with van der Waals surface area (Å²) in [7, 11) is -2.52. The molecule has 0 spiro atoms. The van der Waals surface area contributed by atoms with Gasteiger partial charge in [-0.25, -0.2) is 18.2 Å². The van der Waals surface area contributed by atoms with Gasteiger partial charge in [-0.1, -0.05) is 31.3 Å². The van der Waals surface area contributed by atoms with Gasteiger partial charge in [-0.05, 0) is 37.5 Å². The first-order valence-corrected chi connectivity index (χ1v) is 10.3. The van der Waals surface area contributed by atoms with Crippen LogP contribution in [-0.4, -0.2) is 33.1 Å². The number of thiazole rings is 1. The number of anilines is 1. The third-order valence-corrected chi connectivity index (χ3v) is 6.17. The van der Waals surface area contributed by atoms with Crippen LogP contribution in [0.2, 0.25) is 0 Å². The highest BCUT2D eigenvalue weighted by atomic mass is 32.2. The molecule has 2 aromatic rings. The lowest BCUT2D eigenvalue weighted by molar-refractivity contribution is 0.0531. The quantitative estimate of drug-likeness (QED) is 0.717. The minimum Gasteiger partial charge on any atom is -0.495 e. The molecule has 0 fully saturated rings. The van der Waals surface area contributed by atoms with E-state index in [0.29, 0.717) is 5.69 Å². The third-order valence-electron chi connectivity index (χ3n) is 3.62. The van der Waals surface area contributed by atoms with Crippen molar-refractivity contribution in [2.24, 2.45) is 0 Å². The minimum atomic E-state index is -3.93. The number of sulfonamides is 1. The number of nitrogens with zero attached hydrogens (tertiary/aromatic N) is 1. The van der Waals surface area contributed by atoms with Crippen molar-refractivity contribution in [3.8, 4) is 5.75 Å². The Labute approximate surface area is 157 Å². The van der Waals surface area contributed by atoms with Crippen LogP contribution in [0.15, 0.2) is 23.1 Å². The molecule has 7 nitrogen and oxygen atoms in total. The molecule has 1 aromatic heterocycles. The van der Waals surface area contributed by atoms with Crippen LogP contribution in [0.5, 0.6) is 5.75 Å². The van der Waals surface area contributed by atoms with Gasteiger partial charge in [-0.3, -0.25) is 4.72 Å². The fourth-order valence-corrected chi connectivity index (χ4v) is 4.56. The van der Waals surface area contributed by atoms with Crippen molar-refractivity contribution in [3.63, 3.8) is 0 Å². The second kappa shape index (κ2) is 8.05. The van der Waals surface area contributed by atoms with Crippen LogP contribution in [0.1, 0.15) is 47.6 Å². The Bertz CT molecular complexity index is 904. The number of benzene rings is 1. The molecule has 1 N–H and O–H groups in total. The van der Waals surface area contributed by atoms with Crippen molar-refractivity contribution in [2.75, 3.05) is 18.4 Å². The molecule has 9 heteroatoms. The fraction of sp³-hybridized carbons (Fsp3) is 0.412. The fourth-order valence-electron chi connectivity index (χ4n) is 2.26. The molecule has 0 atom stereocenters. The zero-order valence-corrected chi connectivity index (χ0v) is 17.0. The predicted molar refractivity (Wildman–Crippen MR) is 101 cm³/mol. The molecular formula is C17H22N2O5S2. The lowest BCUT2D eigenvalue weighted by Gasteiger charge is -2.13. The summed E-state index contributed by atoms with van der Waals surface area (Å²) in [5.74, 6) is -0.125. The largest absolute Gasteiger partial charge is 0.495 e. The van der Waals surface area contributed by atoms with Crippen LogP contribution in [0.3, 0.4) is 0 Å². The number of hydrogen-bond acceptors (Lipinski definition) is 7. The maximum atomic E-state index is 12.8. The minimum absolute atomic E-state index is 0.0248. The van der Waals surface area contributed by atoms with E-state index in [2.05, 4.69) is 9.71 Å². The Balaban J connectivity index is 2.39. The molecule has 0 aliphatic rings. The van der Waals surface area contributed by atoms with E-state index >= 15 is 0 Å². The summed E-state index contributed by atoms with van der Waals surface area (Å²) < 4.78 is 38.2. The summed E-state index contributed by atoms with van der Waals surface area (Å²) >= 11 is 0.936.